The third-order valence-corrected chi connectivity index (χ3v) is 9.25. The number of alkyl halides is 6. The molecule has 0 aromatic heterocycles. The molecule has 12 heteroatoms. The van der Waals surface area contributed by atoms with Crippen LogP contribution in [0.2, 0.25) is 0 Å². The van der Waals surface area contributed by atoms with Crippen LogP contribution < -0.4 is 0 Å². The van der Waals surface area contributed by atoms with E-state index in [9.17, 15) is 56.2 Å². The molecule has 52 heavy (non-hydrogen) atoms. The van der Waals surface area contributed by atoms with Crippen LogP contribution in [0.25, 0.3) is 50.1 Å². The minimum Gasteiger partial charge on any atom is -0.207 e. The first-order chi connectivity index (χ1) is 24.7. The number of rotatable bonds is 3. The molecule has 0 spiro atoms. The van der Waals surface area contributed by atoms with Crippen molar-refractivity contribution in [3.05, 3.63) is 136 Å². The van der Waals surface area contributed by atoms with E-state index in [2.05, 4.69) is 0 Å². The van der Waals surface area contributed by atoms with Crippen LogP contribution in [0.15, 0.2) is 90.5 Å². The molecule has 1 atom stereocenters. The SMILES string of the molecule is N#CC(C#N)=C1c2cc(-c3cc(F)cc(C(F)(F)F)c3)ccc2-c2cc3c(cc21)-c1ccc(-c2cc(F)cc(C(F)(F)F)c2)cc1C3C(C#N)C#N. The van der Waals surface area contributed by atoms with Gasteiger partial charge < -0.3 is 0 Å². The van der Waals surface area contributed by atoms with Crippen molar-refractivity contribution in [3.8, 4) is 68.8 Å². The van der Waals surface area contributed by atoms with Crippen molar-refractivity contribution in [2.45, 2.75) is 18.3 Å². The molecule has 252 valence electrons. The van der Waals surface area contributed by atoms with Gasteiger partial charge in [0.15, 0.2) is 0 Å². The predicted molar refractivity (Wildman–Crippen MR) is 172 cm³/mol. The van der Waals surface area contributed by atoms with E-state index >= 15 is 0 Å². The van der Waals surface area contributed by atoms with E-state index in [-0.39, 0.29) is 33.4 Å². The smallest absolute Gasteiger partial charge is 0.207 e. The highest BCUT2D eigenvalue weighted by atomic mass is 19.4. The summed E-state index contributed by atoms with van der Waals surface area (Å²) in [7, 11) is 0. The first kappa shape index (κ1) is 33.7. The van der Waals surface area contributed by atoms with Crippen LogP contribution in [0.5, 0.6) is 0 Å². The second-order valence-corrected chi connectivity index (χ2v) is 12.2. The lowest BCUT2D eigenvalue weighted by Crippen LogP contribution is -2.09. The summed E-state index contributed by atoms with van der Waals surface area (Å²) < 4.78 is 110. The Bertz CT molecular complexity index is 2560. The molecule has 0 radical (unpaired) electrons. The van der Waals surface area contributed by atoms with Gasteiger partial charge in [0.1, 0.15) is 35.3 Å². The zero-order valence-corrected chi connectivity index (χ0v) is 26.1. The topological polar surface area (TPSA) is 95.2 Å². The maximum atomic E-state index is 14.4. The summed E-state index contributed by atoms with van der Waals surface area (Å²) in [5.74, 6) is -4.43. The van der Waals surface area contributed by atoms with Gasteiger partial charge in [0.2, 0.25) is 0 Å². The van der Waals surface area contributed by atoms with Gasteiger partial charge in [-0.15, -0.1) is 0 Å². The molecule has 0 aliphatic heterocycles. The number of allylic oxidation sites excluding steroid dienone is 1. The van der Waals surface area contributed by atoms with Gasteiger partial charge in [0.25, 0.3) is 0 Å². The number of fused-ring (bicyclic) bond motifs is 6. The molecular formula is C40H16F8N4. The van der Waals surface area contributed by atoms with Crippen LogP contribution in [0, 0.1) is 62.9 Å². The third-order valence-electron chi connectivity index (χ3n) is 9.25. The lowest BCUT2D eigenvalue weighted by molar-refractivity contribution is -0.138. The van der Waals surface area contributed by atoms with Crippen LogP contribution in [0.4, 0.5) is 35.1 Å². The van der Waals surface area contributed by atoms with Gasteiger partial charge in [-0.25, -0.2) is 8.78 Å². The van der Waals surface area contributed by atoms with Crippen molar-refractivity contribution in [1.29, 1.82) is 21.0 Å². The highest BCUT2D eigenvalue weighted by Crippen LogP contribution is 2.55. The van der Waals surface area contributed by atoms with Crippen molar-refractivity contribution in [1.82, 2.24) is 0 Å². The fourth-order valence-corrected chi connectivity index (χ4v) is 7.04. The average molecular weight is 705 g/mol. The molecule has 0 heterocycles. The van der Waals surface area contributed by atoms with E-state index in [0.717, 1.165) is 24.3 Å². The van der Waals surface area contributed by atoms with Gasteiger partial charge in [0.05, 0.1) is 23.3 Å². The standard InChI is InChI=1S/C40H16F8N4/c41-27-7-21(5-25(11-27)39(43,44)45)19-1-3-29-31-13-36-32(14-35(31)37(33(29)9-19)23(15-49)16-50)30-4-2-20(10-34(30)38(36)24(17-51)18-52)22-6-26(40(46,47)48)12-28(42)8-22/h1-14,23,37H. The zero-order chi connectivity index (χ0) is 37.3. The summed E-state index contributed by atoms with van der Waals surface area (Å²) in [6, 6.07) is 24.2. The van der Waals surface area contributed by atoms with Crippen LogP contribution in [0.3, 0.4) is 0 Å². The Balaban J connectivity index is 1.43. The molecule has 0 bridgehead atoms. The highest BCUT2D eigenvalue weighted by Gasteiger charge is 2.39. The average Bonchev–Trinajstić information content (AvgIpc) is 3.58. The van der Waals surface area contributed by atoms with Gasteiger partial charge in [-0.05, 0) is 127 Å². The Morgan fingerprint density at radius 2 is 1.00 bits per heavy atom. The molecule has 7 rings (SSSR count). The maximum absolute atomic E-state index is 14.4. The van der Waals surface area contributed by atoms with E-state index in [1.54, 1.807) is 24.3 Å². The number of halogens is 8. The Morgan fingerprint density at radius 3 is 1.52 bits per heavy atom. The van der Waals surface area contributed by atoms with E-state index in [4.69, 9.17) is 0 Å². The fraction of sp³-hybridized carbons (Fsp3) is 0.100. The summed E-state index contributed by atoms with van der Waals surface area (Å²) in [6.07, 6.45) is -9.65. The first-order valence-corrected chi connectivity index (χ1v) is 15.2. The summed E-state index contributed by atoms with van der Waals surface area (Å²) in [5, 5.41) is 40.0. The van der Waals surface area contributed by atoms with Crippen molar-refractivity contribution in [3.63, 3.8) is 0 Å². The minimum absolute atomic E-state index is 0.0823. The van der Waals surface area contributed by atoms with E-state index in [0.29, 0.717) is 56.6 Å². The molecular weight excluding hydrogens is 688 g/mol. The van der Waals surface area contributed by atoms with Crippen LogP contribution in [-0.2, 0) is 12.4 Å². The number of hydrogen-bond acceptors (Lipinski definition) is 4. The van der Waals surface area contributed by atoms with Crippen molar-refractivity contribution in [2.75, 3.05) is 0 Å². The van der Waals surface area contributed by atoms with Gasteiger partial charge in [-0.3, -0.25) is 0 Å². The first-order valence-electron chi connectivity index (χ1n) is 15.2. The molecule has 0 fully saturated rings. The van der Waals surface area contributed by atoms with Gasteiger partial charge in [-0.1, -0.05) is 24.3 Å². The monoisotopic (exact) mass is 704 g/mol. The number of benzene rings is 5. The summed E-state index contributed by atoms with van der Waals surface area (Å²) >= 11 is 0. The molecule has 0 saturated heterocycles. The summed E-state index contributed by atoms with van der Waals surface area (Å²) in [5.41, 5.74) is 1.16. The molecule has 5 aromatic carbocycles. The fourth-order valence-electron chi connectivity index (χ4n) is 7.04. The molecule has 0 saturated carbocycles. The van der Waals surface area contributed by atoms with Crippen molar-refractivity contribution < 1.29 is 35.1 Å². The highest BCUT2D eigenvalue weighted by molar-refractivity contribution is 6.07. The number of hydrogen-bond donors (Lipinski definition) is 0. The van der Waals surface area contributed by atoms with Gasteiger partial charge in [-0.2, -0.15) is 47.4 Å². The van der Waals surface area contributed by atoms with E-state index in [1.807, 2.05) is 24.3 Å². The lowest BCUT2D eigenvalue weighted by Gasteiger charge is -2.16. The molecule has 2 aliphatic rings. The summed E-state index contributed by atoms with van der Waals surface area (Å²) in [4.78, 5) is 0. The second-order valence-electron chi connectivity index (χ2n) is 12.2. The molecule has 0 amide bonds. The predicted octanol–water partition coefficient (Wildman–Crippen LogP) is 10.9. The second kappa shape index (κ2) is 11.9. The number of nitriles is 4. The third kappa shape index (κ3) is 5.43. The Morgan fingerprint density at radius 1 is 0.500 bits per heavy atom. The Kier molecular flexibility index (Phi) is 7.74. The van der Waals surface area contributed by atoms with Crippen LogP contribution in [-0.4, -0.2) is 0 Å². The normalized spacial score (nSPS) is 14.0. The Labute approximate surface area is 290 Å². The molecule has 5 aromatic rings. The number of nitrogens with zero attached hydrogens (tertiary/aromatic N) is 4. The van der Waals surface area contributed by atoms with E-state index in [1.165, 1.54) is 24.3 Å². The van der Waals surface area contributed by atoms with Crippen LogP contribution >= 0.6 is 0 Å². The molecule has 1 unspecified atom stereocenters. The quantitative estimate of drug-likeness (QED) is 0.135. The molecule has 2 aliphatic carbocycles. The zero-order valence-electron chi connectivity index (χ0n) is 26.1. The molecule has 0 N–H and O–H groups in total. The largest absolute Gasteiger partial charge is 0.416 e. The van der Waals surface area contributed by atoms with Gasteiger partial charge in [0, 0.05) is 11.5 Å². The Hall–Kier alpha value is -6.76. The van der Waals surface area contributed by atoms with Gasteiger partial charge >= 0.3 is 12.4 Å². The summed E-state index contributed by atoms with van der Waals surface area (Å²) in [6.45, 7) is 0. The lowest BCUT2D eigenvalue weighted by atomic mass is 9.84. The van der Waals surface area contributed by atoms with E-state index < -0.39 is 46.9 Å². The maximum Gasteiger partial charge on any atom is 0.416 e. The van der Waals surface area contributed by atoms with Crippen molar-refractivity contribution >= 4 is 5.57 Å². The van der Waals surface area contributed by atoms with Crippen molar-refractivity contribution in [2.24, 2.45) is 5.92 Å². The van der Waals surface area contributed by atoms with Crippen LogP contribution in [0.1, 0.15) is 39.3 Å². The molecule has 4 nitrogen and oxygen atoms in total. The minimum atomic E-state index is -4.83.